The first-order valence-electron chi connectivity index (χ1n) is 5.71. The molecule has 0 fully saturated rings. The first-order valence-corrected chi connectivity index (χ1v) is 5.71. The Kier molecular flexibility index (Phi) is 3.33. The molecule has 0 heterocycles. The van der Waals surface area contributed by atoms with Gasteiger partial charge in [0.1, 0.15) is 5.75 Å². The van der Waals surface area contributed by atoms with Gasteiger partial charge in [0.15, 0.2) is 0 Å². The number of hydrogen-bond acceptors (Lipinski definition) is 2. The molecule has 1 amide bonds. The lowest BCUT2D eigenvalue weighted by molar-refractivity contribution is 0.0992. The van der Waals surface area contributed by atoms with Crippen LogP contribution in [-0.4, -0.2) is 18.1 Å². The zero-order chi connectivity index (χ0) is 13.1. The molecule has 0 aliphatic heterocycles. The van der Waals surface area contributed by atoms with Gasteiger partial charge >= 0.3 is 0 Å². The quantitative estimate of drug-likeness (QED) is 0.878. The number of anilines is 1. The Hall–Kier alpha value is -2.29. The summed E-state index contributed by atoms with van der Waals surface area (Å²) < 4.78 is 0. The van der Waals surface area contributed by atoms with Crippen molar-refractivity contribution >= 4 is 11.6 Å². The molecule has 0 radical (unpaired) electrons. The Bertz CT molecular complexity index is 578. The van der Waals surface area contributed by atoms with Crippen molar-refractivity contribution in [1.29, 1.82) is 0 Å². The van der Waals surface area contributed by atoms with Gasteiger partial charge in [0.25, 0.3) is 5.91 Å². The number of nitrogens with zero attached hydrogens (tertiary/aromatic N) is 1. The minimum absolute atomic E-state index is 0.0958. The van der Waals surface area contributed by atoms with E-state index in [1.54, 1.807) is 30.1 Å². The van der Waals surface area contributed by atoms with Crippen molar-refractivity contribution in [3.63, 3.8) is 0 Å². The van der Waals surface area contributed by atoms with Gasteiger partial charge in [-0.05, 0) is 42.8 Å². The molecule has 0 saturated heterocycles. The second kappa shape index (κ2) is 4.92. The van der Waals surface area contributed by atoms with E-state index in [1.807, 2.05) is 31.2 Å². The summed E-state index contributed by atoms with van der Waals surface area (Å²) in [5.41, 5.74) is 2.41. The molecule has 3 heteroatoms. The van der Waals surface area contributed by atoms with Crippen LogP contribution >= 0.6 is 0 Å². The number of carbonyl (C=O) groups is 1. The molecule has 3 nitrogen and oxygen atoms in total. The number of carbonyl (C=O) groups excluding carboxylic acids is 1. The Morgan fingerprint density at radius 1 is 1.11 bits per heavy atom. The van der Waals surface area contributed by atoms with Gasteiger partial charge in [-0.2, -0.15) is 0 Å². The van der Waals surface area contributed by atoms with E-state index in [-0.39, 0.29) is 11.7 Å². The third-order valence-electron chi connectivity index (χ3n) is 2.79. The topological polar surface area (TPSA) is 40.5 Å². The molecule has 1 N–H and O–H groups in total. The van der Waals surface area contributed by atoms with Gasteiger partial charge in [0.05, 0.1) is 0 Å². The van der Waals surface area contributed by atoms with E-state index in [4.69, 9.17) is 0 Å². The molecule has 0 bridgehead atoms. The highest BCUT2D eigenvalue weighted by Crippen LogP contribution is 2.18. The van der Waals surface area contributed by atoms with E-state index in [0.717, 1.165) is 11.3 Å². The number of hydrogen-bond donors (Lipinski definition) is 1. The molecule has 2 aromatic rings. The molecular weight excluding hydrogens is 226 g/mol. The van der Waals surface area contributed by atoms with Gasteiger partial charge in [-0.1, -0.05) is 18.2 Å². The standard InChI is InChI=1S/C15H15NO2/c1-11-5-3-7-13(9-11)16(2)15(18)12-6-4-8-14(17)10-12/h3-10,17H,1-2H3. The highest BCUT2D eigenvalue weighted by atomic mass is 16.3. The fourth-order valence-corrected chi connectivity index (χ4v) is 1.79. The van der Waals surface area contributed by atoms with Gasteiger partial charge in [-0.3, -0.25) is 4.79 Å². The van der Waals surface area contributed by atoms with Crippen molar-refractivity contribution in [3.8, 4) is 5.75 Å². The first-order chi connectivity index (χ1) is 8.58. The van der Waals surface area contributed by atoms with E-state index in [0.29, 0.717) is 5.56 Å². The molecule has 0 saturated carbocycles. The van der Waals surface area contributed by atoms with Crippen LogP contribution in [0.1, 0.15) is 15.9 Å². The molecule has 92 valence electrons. The maximum atomic E-state index is 12.2. The number of phenols is 1. The lowest BCUT2D eigenvalue weighted by Crippen LogP contribution is -2.26. The maximum Gasteiger partial charge on any atom is 0.258 e. The highest BCUT2D eigenvalue weighted by molar-refractivity contribution is 6.05. The van der Waals surface area contributed by atoms with Gasteiger partial charge < -0.3 is 10.0 Å². The Morgan fingerprint density at radius 2 is 1.83 bits per heavy atom. The van der Waals surface area contributed by atoms with Crippen LogP contribution in [0.5, 0.6) is 5.75 Å². The van der Waals surface area contributed by atoms with Crippen molar-refractivity contribution in [1.82, 2.24) is 0 Å². The second-order valence-electron chi connectivity index (χ2n) is 4.25. The summed E-state index contributed by atoms with van der Waals surface area (Å²) >= 11 is 0. The summed E-state index contributed by atoms with van der Waals surface area (Å²) in [6.07, 6.45) is 0. The third-order valence-corrected chi connectivity index (χ3v) is 2.79. The lowest BCUT2D eigenvalue weighted by Gasteiger charge is -2.18. The number of amides is 1. The van der Waals surface area contributed by atoms with Crippen LogP contribution in [0.25, 0.3) is 0 Å². The summed E-state index contributed by atoms with van der Waals surface area (Å²) in [5, 5.41) is 9.39. The Labute approximate surface area is 106 Å². The van der Waals surface area contributed by atoms with Crippen molar-refractivity contribution in [2.75, 3.05) is 11.9 Å². The summed E-state index contributed by atoms with van der Waals surface area (Å²) in [5.74, 6) is -0.0463. The fourth-order valence-electron chi connectivity index (χ4n) is 1.79. The highest BCUT2D eigenvalue weighted by Gasteiger charge is 2.13. The fraction of sp³-hybridized carbons (Fsp3) is 0.133. The van der Waals surface area contributed by atoms with Gasteiger partial charge in [0, 0.05) is 18.3 Å². The number of phenolic OH excluding ortho intramolecular Hbond substituents is 1. The molecule has 0 atom stereocenters. The van der Waals surface area contributed by atoms with Gasteiger partial charge in [-0.15, -0.1) is 0 Å². The van der Waals surface area contributed by atoms with E-state index in [1.165, 1.54) is 6.07 Å². The van der Waals surface area contributed by atoms with Crippen LogP contribution in [0.3, 0.4) is 0 Å². The van der Waals surface area contributed by atoms with Crippen LogP contribution in [0.15, 0.2) is 48.5 Å². The van der Waals surface area contributed by atoms with Crippen LogP contribution in [-0.2, 0) is 0 Å². The summed E-state index contributed by atoms with van der Waals surface area (Å²) in [4.78, 5) is 13.8. The molecular formula is C15H15NO2. The van der Waals surface area contributed by atoms with E-state index in [9.17, 15) is 9.90 Å². The zero-order valence-corrected chi connectivity index (χ0v) is 10.4. The van der Waals surface area contributed by atoms with Crippen molar-refractivity contribution in [2.45, 2.75) is 6.92 Å². The average molecular weight is 241 g/mol. The second-order valence-corrected chi connectivity index (χ2v) is 4.25. The lowest BCUT2D eigenvalue weighted by atomic mass is 10.1. The molecule has 18 heavy (non-hydrogen) atoms. The SMILES string of the molecule is Cc1cccc(N(C)C(=O)c2cccc(O)c2)c1. The maximum absolute atomic E-state index is 12.2. The van der Waals surface area contributed by atoms with Crippen molar-refractivity contribution in [2.24, 2.45) is 0 Å². The van der Waals surface area contributed by atoms with Crippen molar-refractivity contribution < 1.29 is 9.90 Å². The number of benzene rings is 2. The van der Waals surface area contributed by atoms with Crippen molar-refractivity contribution in [3.05, 3.63) is 59.7 Å². The minimum Gasteiger partial charge on any atom is -0.508 e. The van der Waals surface area contributed by atoms with E-state index >= 15 is 0 Å². The monoisotopic (exact) mass is 241 g/mol. The molecule has 2 aromatic carbocycles. The Balaban J connectivity index is 2.29. The van der Waals surface area contributed by atoms with Gasteiger partial charge in [-0.25, -0.2) is 0 Å². The van der Waals surface area contributed by atoms with E-state index in [2.05, 4.69) is 0 Å². The minimum atomic E-state index is -0.142. The van der Waals surface area contributed by atoms with E-state index < -0.39 is 0 Å². The normalized spacial score (nSPS) is 10.1. The molecule has 2 rings (SSSR count). The largest absolute Gasteiger partial charge is 0.508 e. The average Bonchev–Trinajstić information content (AvgIpc) is 2.37. The molecule has 0 unspecified atom stereocenters. The predicted octanol–water partition coefficient (Wildman–Crippen LogP) is 2.98. The molecule has 0 aromatic heterocycles. The molecule has 0 aliphatic rings. The molecule has 0 aliphatic carbocycles. The smallest absolute Gasteiger partial charge is 0.258 e. The zero-order valence-electron chi connectivity index (χ0n) is 10.4. The van der Waals surface area contributed by atoms with Gasteiger partial charge in [0.2, 0.25) is 0 Å². The van der Waals surface area contributed by atoms with Crippen LogP contribution < -0.4 is 4.90 Å². The number of aromatic hydroxyl groups is 1. The van der Waals surface area contributed by atoms with Crippen LogP contribution in [0.2, 0.25) is 0 Å². The first kappa shape index (κ1) is 12.2. The number of rotatable bonds is 2. The predicted molar refractivity (Wildman–Crippen MR) is 72.0 cm³/mol. The van der Waals surface area contributed by atoms with Crippen LogP contribution in [0, 0.1) is 6.92 Å². The summed E-state index contributed by atoms with van der Waals surface area (Å²) in [6.45, 7) is 1.98. The third kappa shape index (κ3) is 2.51. The number of aryl methyl sites for hydroxylation is 1. The molecule has 0 spiro atoms. The summed E-state index contributed by atoms with van der Waals surface area (Å²) in [6, 6.07) is 14.1. The van der Waals surface area contributed by atoms with Crippen LogP contribution in [0.4, 0.5) is 5.69 Å². The Morgan fingerprint density at radius 3 is 2.50 bits per heavy atom. The summed E-state index contributed by atoms with van der Waals surface area (Å²) in [7, 11) is 1.72.